The van der Waals surface area contributed by atoms with Gasteiger partial charge in [0.15, 0.2) is 0 Å². The maximum absolute atomic E-state index is 13.1. The average Bonchev–Trinajstić information content (AvgIpc) is 2.75. The minimum Gasteiger partial charge on any atom is -0.352 e. The SMILES string of the molecule is CCCCNC(=O)c1cccc(S(=O)(=O)N2CCN(Cc3ccccc3)CC2)c1. The van der Waals surface area contributed by atoms with Gasteiger partial charge in [-0.3, -0.25) is 9.69 Å². The number of sulfonamides is 1. The van der Waals surface area contributed by atoms with Crippen LogP contribution in [-0.4, -0.2) is 56.3 Å². The van der Waals surface area contributed by atoms with E-state index >= 15 is 0 Å². The summed E-state index contributed by atoms with van der Waals surface area (Å²) in [6.07, 6.45) is 1.89. The van der Waals surface area contributed by atoms with Crippen LogP contribution in [0.1, 0.15) is 35.7 Å². The van der Waals surface area contributed by atoms with Gasteiger partial charge in [0.1, 0.15) is 0 Å². The van der Waals surface area contributed by atoms with Gasteiger partial charge in [0.05, 0.1) is 4.90 Å². The Bertz CT molecular complexity index is 908. The zero-order valence-corrected chi connectivity index (χ0v) is 17.7. The molecular formula is C22H29N3O3S. The predicted molar refractivity (Wildman–Crippen MR) is 114 cm³/mol. The molecule has 2 aromatic rings. The summed E-state index contributed by atoms with van der Waals surface area (Å²) in [6, 6.07) is 16.5. The predicted octanol–water partition coefficient (Wildman–Crippen LogP) is 2.72. The summed E-state index contributed by atoms with van der Waals surface area (Å²) in [5, 5.41) is 2.83. The van der Waals surface area contributed by atoms with Gasteiger partial charge in [0.25, 0.3) is 5.91 Å². The Morgan fingerprint density at radius 2 is 1.72 bits per heavy atom. The maximum atomic E-state index is 13.1. The van der Waals surface area contributed by atoms with E-state index in [2.05, 4.69) is 29.3 Å². The fraction of sp³-hybridized carbons (Fsp3) is 0.409. The first kappa shape index (κ1) is 21.5. The number of benzene rings is 2. The number of nitrogens with zero attached hydrogens (tertiary/aromatic N) is 2. The molecule has 1 aliphatic heterocycles. The Morgan fingerprint density at radius 3 is 2.41 bits per heavy atom. The van der Waals surface area contributed by atoms with Crippen LogP contribution in [0.2, 0.25) is 0 Å². The molecule has 0 atom stereocenters. The van der Waals surface area contributed by atoms with Crippen molar-refractivity contribution in [2.75, 3.05) is 32.7 Å². The van der Waals surface area contributed by atoms with Crippen molar-refractivity contribution in [3.63, 3.8) is 0 Å². The zero-order valence-electron chi connectivity index (χ0n) is 16.9. The molecule has 3 rings (SSSR count). The van der Waals surface area contributed by atoms with Crippen LogP contribution >= 0.6 is 0 Å². The molecule has 0 radical (unpaired) electrons. The van der Waals surface area contributed by atoms with Gasteiger partial charge in [0.2, 0.25) is 10.0 Å². The number of unbranched alkanes of at least 4 members (excludes halogenated alkanes) is 1. The highest BCUT2D eigenvalue weighted by Crippen LogP contribution is 2.19. The maximum Gasteiger partial charge on any atom is 0.251 e. The lowest BCUT2D eigenvalue weighted by molar-refractivity contribution is 0.0953. The summed E-state index contributed by atoms with van der Waals surface area (Å²) >= 11 is 0. The standard InChI is InChI=1S/C22H29N3O3S/c1-2-3-12-23-22(26)20-10-7-11-21(17-20)29(27,28)25-15-13-24(14-16-25)18-19-8-5-4-6-9-19/h4-11,17H,2-3,12-16,18H2,1H3,(H,23,26). The third-order valence-corrected chi connectivity index (χ3v) is 7.02. The molecule has 1 fully saturated rings. The van der Waals surface area contributed by atoms with E-state index in [-0.39, 0.29) is 10.8 Å². The van der Waals surface area contributed by atoms with Crippen molar-refractivity contribution in [3.8, 4) is 0 Å². The third kappa shape index (κ3) is 5.65. The Morgan fingerprint density at radius 1 is 1.00 bits per heavy atom. The summed E-state index contributed by atoms with van der Waals surface area (Å²) in [5.74, 6) is -0.233. The van der Waals surface area contributed by atoms with Crippen molar-refractivity contribution >= 4 is 15.9 Å². The van der Waals surface area contributed by atoms with E-state index in [4.69, 9.17) is 0 Å². The second-order valence-corrected chi connectivity index (χ2v) is 9.24. The zero-order chi connectivity index (χ0) is 20.7. The number of nitrogens with one attached hydrogen (secondary N) is 1. The van der Waals surface area contributed by atoms with Crippen molar-refractivity contribution in [1.29, 1.82) is 0 Å². The Kier molecular flexibility index (Phi) is 7.41. The molecule has 0 aromatic heterocycles. The quantitative estimate of drug-likeness (QED) is 0.673. The second kappa shape index (κ2) is 10.0. The van der Waals surface area contributed by atoms with Gasteiger partial charge in [-0.25, -0.2) is 8.42 Å². The van der Waals surface area contributed by atoms with Gasteiger partial charge in [-0.05, 0) is 30.2 Å². The van der Waals surface area contributed by atoms with E-state index in [1.165, 1.54) is 15.9 Å². The minimum atomic E-state index is -3.61. The van der Waals surface area contributed by atoms with Crippen LogP contribution in [0.25, 0.3) is 0 Å². The second-order valence-electron chi connectivity index (χ2n) is 7.30. The Balaban J connectivity index is 1.62. The molecule has 0 unspecified atom stereocenters. The van der Waals surface area contributed by atoms with E-state index in [9.17, 15) is 13.2 Å². The summed E-state index contributed by atoms with van der Waals surface area (Å²) < 4.78 is 27.6. The van der Waals surface area contributed by atoms with Crippen molar-refractivity contribution in [2.45, 2.75) is 31.2 Å². The van der Waals surface area contributed by atoms with E-state index in [1.807, 2.05) is 18.2 Å². The molecule has 0 bridgehead atoms. The molecule has 7 heteroatoms. The van der Waals surface area contributed by atoms with Gasteiger partial charge >= 0.3 is 0 Å². The monoisotopic (exact) mass is 415 g/mol. The normalized spacial score (nSPS) is 15.9. The summed E-state index contributed by atoms with van der Waals surface area (Å²) in [5.41, 5.74) is 1.61. The molecule has 0 spiro atoms. The number of carbonyl (C=O) groups is 1. The van der Waals surface area contributed by atoms with Crippen LogP contribution in [0.5, 0.6) is 0 Å². The first-order chi connectivity index (χ1) is 14.0. The van der Waals surface area contributed by atoms with Crippen LogP contribution in [0.15, 0.2) is 59.5 Å². The summed E-state index contributed by atoms with van der Waals surface area (Å²) in [6.45, 7) is 5.73. The van der Waals surface area contributed by atoms with Crippen LogP contribution < -0.4 is 5.32 Å². The van der Waals surface area contributed by atoms with E-state index < -0.39 is 10.0 Å². The number of hydrogen-bond donors (Lipinski definition) is 1. The molecule has 2 aromatic carbocycles. The molecule has 1 heterocycles. The molecule has 156 valence electrons. The first-order valence-corrected chi connectivity index (χ1v) is 11.6. The molecule has 6 nitrogen and oxygen atoms in total. The smallest absolute Gasteiger partial charge is 0.251 e. The molecule has 0 saturated carbocycles. The molecule has 1 saturated heterocycles. The van der Waals surface area contributed by atoms with Gasteiger partial charge in [0, 0.05) is 44.8 Å². The first-order valence-electron chi connectivity index (χ1n) is 10.2. The van der Waals surface area contributed by atoms with Gasteiger partial charge in [-0.2, -0.15) is 4.31 Å². The fourth-order valence-corrected chi connectivity index (χ4v) is 4.87. The molecular weight excluding hydrogens is 386 g/mol. The van der Waals surface area contributed by atoms with Crippen molar-refractivity contribution in [2.24, 2.45) is 0 Å². The number of piperazine rings is 1. The van der Waals surface area contributed by atoms with Gasteiger partial charge in [-0.15, -0.1) is 0 Å². The highest BCUT2D eigenvalue weighted by molar-refractivity contribution is 7.89. The fourth-order valence-electron chi connectivity index (χ4n) is 3.40. The Hall–Kier alpha value is -2.22. The number of carbonyl (C=O) groups excluding carboxylic acids is 1. The molecule has 29 heavy (non-hydrogen) atoms. The lowest BCUT2D eigenvalue weighted by Gasteiger charge is -2.34. The van der Waals surface area contributed by atoms with Gasteiger partial charge < -0.3 is 5.32 Å². The topological polar surface area (TPSA) is 69.7 Å². The molecule has 1 aliphatic rings. The van der Waals surface area contributed by atoms with Crippen LogP contribution in [0.3, 0.4) is 0 Å². The van der Waals surface area contributed by atoms with E-state index in [0.29, 0.717) is 38.3 Å². The highest BCUT2D eigenvalue weighted by atomic mass is 32.2. The van der Waals surface area contributed by atoms with Crippen LogP contribution in [-0.2, 0) is 16.6 Å². The lowest BCUT2D eigenvalue weighted by atomic mass is 10.2. The average molecular weight is 416 g/mol. The molecule has 1 N–H and O–H groups in total. The van der Waals surface area contributed by atoms with Crippen LogP contribution in [0.4, 0.5) is 0 Å². The van der Waals surface area contributed by atoms with Gasteiger partial charge in [-0.1, -0.05) is 49.7 Å². The van der Waals surface area contributed by atoms with Crippen molar-refractivity contribution in [1.82, 2.24) is 14.5 Å². The Labute approximate surface area is 173 Å². The van der Waals surface area contributed by atoms with E-state index in [1.54, 1.807) is 18.2 Å². The molecule has 1 amide bonds. The summed E-state index contributed by atoms with van der Waals surface area (Å²) in [7, 11) is -3.61. The number of hydrogen-bond acceptors (Lipinski definition) is 4. The van der Waals surface area contributed by atoms with Crippen molar-refractivity contribution in [3.05, 3.63) is 65.7 Å². The van der Waals surface area contributed by atoms with Crippen molar-refractivity contribution < 1.29 is 13.2 Å². The van der Waals surface area contributed by atoms with Crippen LogP contribution in [0, 0.1) is 0 Å². The number of amides is 1. The number of rotatable bonds is 8. The highest BCUT2D eigenvalue weighted by Gasteiger charge is 2.29. The lowest BCUT2D eigenvalue weighted by Crippen LogP contribution is -2.48. The van der Waals surface area contributed by atoms with E-state index in [0.717, 1.165) is 19.4 Å². The third-order valence-electron chi connectivity index (χ3n) is 5.13. The minimum absolute atomic E-state index is 0.178. The molecule has 0 aliphatic carbocycles. The summed E-state index contributed by atoms with van der Waals surface area (Å²) in [4.78, 5) is 14.7. The largest absolute Gasteiger partial charge is 0.352 e.